The number of fused-ring (bicyclic) bond motifs is 1. The summed E-state index contributed by atoms with van der Waals surface area (Å²) in [5, 5.41) is 0. The first kappa shape index (κ1) is 16.1. The zero-order valence-corrected chi connectivity index (χ0v) is 15.7. The fourth-order valence-corrected chi connectivity index (χ4v) is 6.92. The second-order valence-electron chi connectivity index (χ2n) is 6.84. The van der Waals surface area contributed by atoms with Crippen molar-refractivity contribution < 1.29 is 0 Å². The number of unbranched alkanes of at least 4 members (excludes halogenated alkanes) is 3. The molecule has 0 amide bonds. The van der Waals surface area contributed by atoms with Crippen molar-refractivity contribution in [3.05, 3.63) is 39.0 Å². The van der Waals surface area contributed by atoms with Crippen molar-refractivity contribution in [2.24, 2.45) is 5.41 Å². The van der Waals surface area contributed by atoms with E-state index >= 15 is 0 Å². The van der Waals surface area contributed by atoms with E-state index in [1.807, 2.05) is 0 Å². The van der Waals surface area contributed by atoms with Crippen LogP contribution in [-0.4, -0.2) is 20.9 Å². The average molecular weight is 384 g/mol. The molecule has 110 valence electrons. The third-order valence-corrected chi connectivity index (χ3v) is 8.98. The summed E-state index contributed by atoms with van der Waals surface area (Å²) < 4.78 is 2.62. The second kappa shape index (κ2) is 7.15. The molecule has 0 spiro atoms. The Labute approximate surface area is 135 Å². The third-order valence-electron chi connectivity index (χ3n) is 3.96. The van der Waals surface area contributed by atoms with Crippen molar-refractivity contribution in [1.82, 2.24) is 0 Å². The Hall–Kier alpha value is -0.250. The van der Waals surface area contributed by atoms with Crippen molar-refractivity contribution in [3.8, 4) is 0 Å². The van der Waals surface area contributed by atoms with Gasteiger partial charge in [-0.05, 0) is 0 Å². The van der Waals surface area contributed by atoms with Gasteiger partial charge in [-0.15, -0.1) is 0 Å². The van der Waals surface area contributed by atoms with E-state index in [1.165, 1.54) is 37.7 Å². The number of hydrogen-bond donors (Lipinski definition) is 0. The average Bonchev–Trinajstić information content (AvgIpc) is 2.42. The molecule has 0 saturated carbocycles. The van der Waals surface area contributed by atoms with Crippen molar-refractivity contribution >= 4 is 27.0 Å². The van der Waals surface area contributed by atoms with Gasteiger partial charge in [0.15, 0.2) is 0 Å². The van der Waals surface area contributed by atoms with Crippen molar-refractivity contribution in [2.75, 3.05) is 0 Å². The van der Waals surface area contributed by atoms with Gasteiger partial charge < -0.3 is 0 Å². The summed E-state index contributed by atoms with van der Waals surface area (Å²) in [5.74, 6) is 0. The molecule has 0 radical (unpaired) electrons. The van der Waals surface area contributed by atoms with Crippen LogP contribution in [0.25, 0.3) is 6.08 Å². The van der Waals surface area contributed by atoms with Crippen molar-refractivity contribution in [2.45, 2.75) is 63.8 Å². The zero-order chi connectivity index (χ0) is 14.6. The summed E-state index contributed by atoms with van der Waals surface area (Å²) in [6.07, 6.45) is 9.47. The Balaban J connectivity index is 2.15. The van der Waals surface area contributed by atoms with Gasteiger partial charge in [-0.2, -0.15) is 0 Å². The van der Waals surface area contributed by atoms with Crippen LogP contribution in [-0.2, 0) is 0 Å². The molecule has 2 rings (SSSR count). The predicted octanol–water partition coefficient (Wildman–Crippen LogP) is 5.80. The van der Waals surface area contributed by atoms with Gasteiger partial charge >= 0.3 is 135 Å². The van der Waals surface area contributed by atoms with E-state index in [4.69, 9.17) is 0 Å². The summed E-state index contributed by atoms with van der Waals surface area (Å²) >= 11 is -0.0596. The molecule has 0 aliphatic carbocycles. The van der Waals surface area contributed by atoms with Crippen LogP contribution in [0.2, 0.25) is 0 Å². The fraction of sp³-hybridized carbons (Fsp3) is 0.579. The van der Waals surface area contributed by atoms with Gasteiger partial charge in [-0.1, -0.05) is 0 Å². The van der Waals surface area contributed by atoms with Crippen LogP contribution < -0.4 is 0 Å². The molecule has 1 atom stereocenters. The van der Waals surface area contributed by atoms with Crippen LogP contribution in [0.15, 0.2) is 27.9 Å². The fourth-order valence-electron chi connectivity index (χ4n) is 2.69. The first-order chi connectivity index (χ1) is 9.52. The van der Waals surface area contributed by atoms with E-state index in [0.29, 0.717) is 5.41 Å². The van der Waals surface area contributed by atoms with E-state index in [-0.39, 0.29) is 20.9 Å². The summed E-state index contributed by atoms with van der Waals surface area (Å²) in [6, 6.07) is 9.10. The minimum atomic E-state index is -0.0596. The molecular weight excluding hydrogens is 356 g/mol. The molecule has 1 aliphatic rings. The number of allylic oxidation sites excluding steroid dienone is 1. The molecule has 1 unspecified atom stereocenters. The monoisotopic (exact) mass is 386 g/mol. The molecule has 1 heteroatoms. The molecule has 1 aromatic carbocycles. The van der Waals surface area contributed by atoms with Crippen molar-refractivity contribution in [1.29, 1.82) is 0 Å². The normalized spacial score (nSPS) is 18.6. The Morgan fingerprint density at radius 2 is 1.80 bits per heavy atom. The molecule has 0 nitrogen and oxygen atoms in total. The number of benzene rings is 1. The molecule has 1 aromatic rings. The first-order valence-electron chi connectivity index (χ1n) is 8.00. The van der Waals surface area contributed by atoms with Gasteiger partial charge in [0.2, 0.25) is 0 Å². The van der Waals surface area contributed by atoms with Gasteiger partial charge in [-0.25, -0.2) is 0 Å². The van der Waals surface area contributed by atoms with E-state index < -0.39 is 0 Å². The van der Waals surface area contributed by atoms with Crippen LogP contribution in [0.5, 0.6) is 0 Å². The van der Waals surface area contributed by atoms with Crippen LogP contribution in [0.1, 0.15) is 74.9 Å². The molecule has 20 heavy (non-hydrogen) atoms. The van der Waals surface area contributed by atoms with Crippen LogP contribution in [0.4, 0.5) is 0 Å². The SMILES string of the molecule is CCCCCCC1[Te]C(C(C)(C)C)=Cc2ccccc21. The summed E-state index contributed by atoms with van der Waals surface area (Å²) in [6.45, 7) is 9.44. The first-order valence-corrected chi connectivity index (χ1v) is 10.5. The molecular formula is C19H28Te. The van der Waals surface area contributed by atoms with Gasteiger partial charge in [0.05, 0.1) is 0 Å². The molecule has 1 aliphatic heterocycles. The number of rotatable bonds is 5. The summed E-state index contributed by atoms with van der Waals surface area (Å²) in [4.78, 5) is 0. The van der Waals surface area contributed by atoms with E-state index in [9.17, 15) is 0 Å². The minimum absolute atomic E-state index is 0.0596. The van der Waals surface area contributed by atoms with Crippen LogP contribution in [0.3, 0.4) is 0 Å². The maximum atomic E-state index is 2.50. The molecule has 0 N–H and O–H groups in total. The molecule has 0 bridgehead atoms. The van der Waals surface area contributed by atoms with Gasteiger partial charge in [-0.3, -0.25) is 0 Å². The Morgan fingerprint density at radius 3 is 2.50 bits per heavy atom. The Morgan fingerprint density at radius 1 is 1.05 bits per heavy atom. The van der Waals surface area contributed by atoms with Gasteiger partial charge in [0, 0.05) is 0 Å². The summed E-state index contributed by atoms with van der Waals surface area (Å²) in [5.41, 5.74) is 3.49. The van der Waals surface area contributed by atoms with Gasteiger partial charge in [0.1, 0.15) is 0 Å². The molecule has 0 aromatic heterocycles. The molecule has 0 fully saturated rings. The van der Waals surface area contributed by atoms with E-state index in [1.54, 1.807) is 9.18 Å². The number of hydrogen-bond acceptors (Lipinski definition) is 0. The topological polar surface area (TPSA) is 0 Å². The Kier molecular flexibility index (Phi) is 5.76. The second-order valence-corrected chi connectivity index (χ2v) is 10.4. The van der Waals surface area contributed by atoms with Crippen LogP contribution >= 0.6 is 0 Å². The zero-order valence-electron chi connectivity index (χ0n) is 13.4. The van der Waals surface area contributed by atoms with E-state index in [2.05, 4.69) is 58.0 Å². The predicted molar refractivity (Wildman–Crippen MR) is 91.1 cm³/mol. The molecule has 1 heterocycles. The molecule has 0 saturated heterocycles. The van der Waals surface area contributed by atoms with Crippen LogP contribution in [0, 0.1) is 5.41 Å². The van der Waals surface area contributed by atoms with Crippen molar-refractivity contribution in [3.63, 3.8) is 0 Å². The Bertz CT molecular complexity index is 465. The summed E-state index contributed by atoms with van der Waals surface area (Å²) in [7, 11) is 0. The maximum absolute atomic E-state index is 2.50. The standard InChI is InChI=1S/C19H28Te/c1-5-6-7-8-13-17-16-12-10-9-11-15(16)14-18(20-17)19(2,3)4/h9-12,14,17H,5-8,13H2,1-4H3. The van der Waals surface area contributed by atoms with E-state index in [0.717, 1.165) is 3.97 Å². The third kappa shape index (κ3) is 4.12. The van der Waals surface area contributed by atoms with Gasteiger partial charge in [0.25, 0.3) is 0 Å². The quantitative estimate of drug-likeness (QED) is 0.445.